The van der Waals surface area contributed by atoms with Crippen molar-refractivity contribution in [2.24, 2.45) is 0 Å². The number of nitrogens with one attached hydrogen (secondary N) is 1. The lowest BCUT2D eigenvalue weighted by Crippen LogP contribution is -2.19. The Hall–Kier alpha value is -4.11. The zero-order valence-corrected chi connectivity index (χ0v) is 19.9. The standard InChI is InChI=1S/C26H27NO8/c1-30-17-7-5-15(6-8-17)24(28)18-13-20-21(35-10-9-34-20)14-19(18)27-26(29)16-11-22(31-2)25(33-4)23(12-16)32-3/h5-8,11-14,24,28H,9-10H2,1-4H3,(H,27,29)/t24-/m0/s1. The molecule has 1 atom stereocenters. The summed E-state index contributed by atoms with van der Waals surface area (Å²) >= 11 is 0. The van der Waals surface area contributed by atoms with E-state index in [1.165, 1.54) is 21.3 Å². The van der Waals surface area contributed by atoms with E-state index in [1.54, 1.807) is 55.6 Å². The number of ether oxygens (including phenoxy) is 6. The first-order valence-corrected chi connectivity index (χ1v) is 10.9. The summed E-state index contributed by atoms with van der Waals surface area (Å²) in [7, 11) is 6.01. The van der Waals surface area contributed by atoms with Gasteiger partial charge in [-0.3, -0.25) is 4.79 Å². The van der Waals surface area contributed by atoms with Gasteiger partial charge in [0.15, 0.2) is 23.0 Å². The van der Waals surface area contributed by atoms with Crippen molar-refractivity contribution in [1.29, 1.82) is 0 Å². The third kappa shape index (κ3) is 4.90. The van der Waals surface area contributed by atoms with Crippen molar-refractivity contribution in [3.63, 3.8) is 0 Å². The third-order valence-corrected chi connectivity index (χ3v) is 5.62. The first kappa shape index (κ1) is 24.0. The number of rotatable bonds is 8. The van der Waals surface area contributed by atoms with Gasteiger partial charge in [0.05, 0.1) is 34.1 Å². The van der Waals surface area contributed by atoms with Gasteiger partial charge in [-0.1, -0.05) is 12.1 Å². The molecule has 0 bridgehead atoms. The molecule has 1 amide bonds. The van der Waals surface area contributed by atoms with E-state index < -0.39 is 12.0 Å². The van der Waals surface area contributed by atoms with Crippen LogP contribution in [0.3, 0.4) is 0 Å². The number of fused-ring (bicyclic) bond motifs is 1. The van der Waals surface area contributed by atoms with Crippen LogP contribution < -0.4 is 33.7 Å². The molecule has 0 spiro atoms. The molecule has 1 aliphatic heterocycles. The Labute approximate surface area is 203 Å². The normalized spacial score (nSPS) is 12.9. The molecule has 0 saturated carbocycles. The van der Waals surface area contributed by atoms with Crippen molar-refractivity contribution in [3.05, 3.63) is 65.2 Å². The van der Waals surface area contributed by atoms with Crippen molar-refractivity contribution in [2.45, 2.75) is 6.10 Å². The third-order valence-electron chi connectivity index (χ3n) is 5.62. The number of carbonyl (C=O) groups excluding carboxylic acids is 1. The zero-order valence-electron chi connectivity index (χ0n) is 19.9. The minimum Gasteiger partial charge on any atom is -0.497 e. The molecule has 4 rings (SSSR count). The van der Waals surface area contributed by atoms with Gasteiger partial charge < -0.3 is 38.8 Å². The summed E-state index contributed by atoms with van der Waals surface area (Å²) in [6, 6.07) is 13.4. The van der Waals surface area contributed by atoms with Gasteiger partial charge in [-0.2, -0.15) is 0 Å². The van der Waals surface area contributed by atoms with Crippen LogP contribution in [0.25, 0.3) is 0 Å². The Morgan fingerprint density at radius 3 is 2.00 bits per heavy atom. The molecule has 1 heterocycles. The highest BCUT2D eigenvalue weighted by Crippen LogP contribution is 2.41. The number of aliphatic hydroxyl groups is 1. The summed E-state index contributed by atoms with van der Waals surface area (Å²) in [6.45, 7) is 0.774. The van der Waals surface area contributed by atoms with Gasteiger partial charge in [-0.15, -0.1) is 0 Å². The van der Waals surface area contributed by atoms with Crippen LogP contribution in [0.4, 0.5) is 5.69 Å². The van der Waals surface area contributed by atoms with Crippen molar-refractivity contribution in [3.8, 4) is 34.5 Å². The zero-order chi connectivity index (χ0) is 24.9. The molecule has 0 aliphatic carbocycles. The summed E-state index contributed by atoms with van der Waals surface area (Å²) in [5, 5.41) is 14.1. The average molecular weight is 482 g/mol. The fourth-order valence-corrected chi connectivity index (χ4v) is 3.81. The Kier molecular flexibility index (Phi) is 7.17. The van der Waals surface area contributed by atoms with E-state index in [2.05, 4.69) is 5.32 Å². The lowest BCUT2D eigenvalue weighted by Gasteiger charge is -2.23. The van der Waals surface area contributed by atoms with E-state index in [9.17, 15) is 9.90 Å². The SMILES string of the molecule is COc1ccc([C@H](O)c2cc3c(cc2NC(=O)c2cc(OC)c(OC)c(OC)c2)OCCO3)cc1. The monoisotopic (exact) mass is 481 g/mol. The molecule has 3 aromatic carbocycles. The smallest absolute Gasteiger partial charge is 0.255 e. The van der Waals surface area contributed by atoms with Gasteiger partial charge in [-0.25, -0.2) is 0 Å². The van der Waals surface area contributed by atoms with Crippen LogP contribution in [-0.4, -0.2) is 52.7 Å². The van der Waals surface area contributed by atoms with Crippen molar-refractivity contribution in [1.82, 2.24) is 0 Å². The number of benzene rings is 3. The second-order valence-electron chi connectivity index (χ2n) is 7.63. The highest BCUT2D eigenvalue weighted by Gasteiger charge is 2.24. The number of hydrogen-bond acceptors (Lipinski definition) is 8. The topological polar surface area (TPSA) is 105 Å². The van der Waals surface area contributed by atoms with Crippen LogP contribution in [0, 0.1) is 0 Å². The molecule has 184 valence electrons. The largest absolute Gasteiger partial charge is 0.497 e. The van der Waals surface area contributed by atoms with Crippen LogP contribution in [0.2, 0.25) is 0 Å². The molecule has 0 aromatic heterocycles. The molecule has 0 unspecified atom stereocenters. The molecule has 3 aromatic rings. The maximum Gasteiger partial charge on any atom is 0.255 e. The van der Waals surface area contributed by atoms with Crippen LogP contribution in [0.1, 0.15) is 27.6 Å². The predicted molar refractivity (Wildman–Crippen MR) is 129 cm³/mol. The van der Waals surface area contributed by atoms with Gasteiger partial charge in [0.1, 0.15) is 25.1 Å². The van der Waals surface area contributed by atoms with Crippen molar-refractivity contribution >= 4 is 11.6 Å². The molecule has 0 fully saturated rings. The van der Waals surface area contributed by atoms with Crippen LogP contribution in [0.5, 0.6) is 34.5 Å². The Morgan fingerprint density at radius 2 is 1.46 bits per heavy atom. The van der Waals surface area contributed by atoms with Crippen LogP contribution in [0.15, 0.2) is 48.5 Å². The minimum absolute atomic E-state index is 0.277. The fraction of sp³-hybridized carbons (Fsp3) is 0.269. The van der Waals surface area contributed by atoms with Gasteiger partial charge >= 0.3 is 0 Å². The van der Waals surface area contributed by atoms with Gasteiger partial charge in [-0.05, 0) is 35.9 Å². The average Bonchev–Trinajstić information content (AvgIpc) is 2.91. The summed E-state index contributed by atoms with van der Waals surface area (Å²) in [5.41, 5.74) is 1.71. The molecular weight excluding hydrogens is 454 g/mol. The summed E-state index contributed by atoms with van der Waals surface area (Å²) in [5.74, 6) is 2.26. The number of anilines is 1. The predicted octanol–water partition coefficient (Wildman–Crippen LogP) is 3.83. The molecule has 35 heavy (non-hydrogen) atoms. The summed E-state index contributed by atoms with van der Waals surface area (Å²) < 4.78 is 32.7. The molecule has 0 radical (unpaired) electrons. The quantitative estimate of drug-likeness (QED) is 0.500. The second kappa shape index (κ2) is 10.4. The summed E-state index contributed by atoms with van der Waals surface area (Å²) in [4.78, 5) is 13.3. The lowest BCUT2D eigenvalue weighted by molar-refractivity contribution is 0.102. The molecule has 9 nitrogen and oxygen atoms in total. The van der Waals surface area contributed by atoms with Gasteiger partial charge in [0, 0.05) is 17.2 Å². The fourth-order valence-electron chi connectivity index (χ4n) is 3.81. The van der Waals surface area contributed by atoms with Crippen LogP contribution in [-0.2, 0) is 0 Å². The first-order valence-electron chi connectivity index (χ1n) is 10.9. The van der Waals surface area contributed by atoms with Gasteiger partial charge in [0.2, 0.25) is 5.75 Å². The molecule has 2 N–H and O–H groups in total. The highest BCUT2D eigenvalue weighted by molar-refractivity contribution is 6.05. The van der Waals surface area contributed by atoms with E-state index in [4.69, 9.17) is 28.4 Å². The maximum atomic E-state index is 13.3. The number of carbonyl (C=O) groups is 1. The molecule has 0 saturated heterocycles. The van der Waals surface area contributed by atoms with Gasteiger partial charge in [0.25, 0.3) is 5.91 Å². The van der Waals surface area contributed by atoms with Crippen LogP contribution >= 0.6 is 0 Å². The highest BCUT2D eigenvalue weighted by atomic mass is 16.6. The van der Waals surface area contributed by atoms with E-state index in [0.717, 1.165) is 0 Å². The van der Waals surface area contributed by atoms with E-state index in [1.807, 2.05) is 0 Å². The number of methoxy groups -OCH3 is 4. The Bertz CT molecular complexity index is 1180. The first-order chi connectivity index (χ1) is 17.0. The molecule has 9 heteroatoms. The Balaban J connectivity index is 1.72. The van der Waals surface area contributed by atoms with Crippen molar-refractivity contribution in [2.75, 3.05) is 47.0 Å². The van der Waals surface area contributed by atoms with E-state index >= 15 is 0 Å². The summed E-state index contributed by atoms with van der Waals surface area (Å²) in [6.07, 6.45) is -1.05. The number of amides is 1. The Morgan fingerprint density at radius 1 is 0.857 bits per heavy atom. The maximum absolute atomic E-state index is 13.3. The lowest BCUT2D eigenvalue weighted by atomic mass is 9.98. The number of aliphatic hydroxyl groups excluding tert-OH is 1. The van der Waals surface area contributed by atoms with E-state index in [0.29, 0.717) is 64.5 Å². The van der Waals surface area contributed by atoms with E-state index in [-0.39, 0.29) is 5.56 Å². The minimum atomic E-state index is -1.05. The molecule has 1 aliphatic rings. The van der Waals surface area contributed by atoms with Crippen molar-refractivity contribution < 1.29 is 38.3 Å². The molecular formula is C26H27NO8. The number of hydrogen-bond donors (Lipinski definition) is 2. The second-order valence-corrected chi connectivity index (χ2v) is 7.63.